The van der Waals surface area contributed by atoms with Crippen LogP contribution in [0.15, 0.2) is 12.2 Å². The van der Waals surface area contributed by atoms with Crippen LogP contribution < -0.4 is 0 Å². The van der Waals surface area contributed by atoms with Crippen molar-refractivity contribution in [2.24, 2.45) is 0 Å². The summed E-state index contributed by atoms with van der Waals surface area (Å²) < 4.78 is 6.78. The molecule has 0 atom stereocenters. The number of carbonyl (C=O) groups excluding carboxylic acids is 3. The van der Waals surface area contributed by atoms with Gasteiger partial charge in [-0.15, -0.1) is 0 Å². The van der Waals surface area contributed by atoms with E-state index in [2.05, 4.69) is 0 Å². The lowest BCUT2D eigenvalue weighted by Crippen LogP contribution is -2.34. The number of hydrogen-bond acceptors (Lipinski definition) is 3. The second-order valence-corrected chi connectivity index (χ2v) is 2.38. The molecule has 2 amide bonds. The molecule has 0 aromatic heterocycles. The highest BCUT2D eigenvalue weighted by Gasteiger charge is 2.24. The normalized spacial score (nSPS) is 17.0. The van der Waals surface area contributed by atoms with Gasteiger partial charge < -0.3 is 0 Å². The zero-order chi connectivity index (χ0) is 9.84. The van der Waals surface area contributed by atoms with Crippen LogP contribution in [-0.4, -0.2) is 29.0 Å². The lowest BCUT2D eigenvalue weighted by molar-refractivity contribution is -0.140. The first kappa shape index (κ1) is 7.21. The standard InChI is InChI=1S/C8H9NO3/c1-2-6(10)5-9-7(11)3-4-8(9)12/h3-4H,2,5H2,1H3/i1D. The Hall–Kier alpha value is -1.45. The van der Waals surface area contributed by atoms with Gasteiger partial charge in [0.15, 0.2) is 5.78 Å². The Bertz CT molecular complexity index is 267. The van der Waals surface area contributed by atoms with E-state index in [-0.39, 0.29) is 25.6 Å². The minimum Gasteiger partial charge on any atom is -0.298 e. The first-order valence-electron chi connectivity index (χ1n) is 4.20. The molecule has 1 aliphatic heterocycles. The largest absolute Gasteiger partial charge is 0.298 e. The monoisotopic (exact) mass is 168 g/mol. The van der Waals surface area contributed by atoms with Gasteiger partial charge in [-0.1, -0.05) is 6.90 Å². The smallest absolute Gasteiger partial charge is 0.254 e. The maximum atomic E-state index is 11.0. The first-order valence-corrected chi connectivity index (χ1v) is 3.49. The molecule has 0 aromatic rings. The molecule has 4 heteroatoms. The molecular weight excluding hydrogens is 158 g/mol. The summed E-state index contributed by atoms with van der Waals surface area (Å²) in [6.45, 7) is -0.216. The van der Waals surface area contributed by atoms with Gasteiger partial charge in [-0.2, -0.15) is 0 Å². The van der Waals surface area contributed by atoms with Gasteiger partial charge in [-0.25, -0.2) is 0 Å². The van der Waals surface area contributed by atoms with Crippen molar-refractivity contribution >= 4 is 17.6 Å². The van der Waals surface area contributed by atoms with Crippen LogP contribution in [-0.2, 0) is 14.4 Å². The van der Waals surface area contributed by atoms with Crippen LogP contribution in [0.3, 0.4) is 0 Å². The van der Waals surface area contributed by atoms with Crippen LogP contribution >= 0.6 is 0 Å². The van der Waals surface area contributed by atoms with Crippen LogP contribution in [0.25, 0.3) is 0 Å². The first-order chi connectivity index (χ1) is 6.15. The summed E-state index contributed by atoms with van der Waals surface area (Å²) in [5, 5.41) is 0. The van der Waals surface area contributed by atoms with Crippen molar-refractivity contribution in [2.75, 3.05) is 6.54 Å². The predicted molar refractivity (Wildman–Crippen MR) is 41.2 cm³/mol. The van der Waals surface area contributed by atoms with Crippen LogP contribution in [0.5, 0.6) is 0 Å². The molecule has 0 unspecified atom stereocenters. The summed E-state index contributed by atoms with van der Waals surface area (Å²) in [4.78, 5) is 33.8. The van der Waals surface area contributed by atoms with Crippen molar-refractivity contribution in [1.29, 1.82) is 0 Å². The van der Waals surface area contributed by atoms with Crippen LogP contribution in [0, 0.1) is 0 Å². The number of rotatable bonds is 3. The molecule has 0 fully saturated rings. The average molecular weight is 168 g/mol. The summed E-state index contributed by atoms with van der Waals surface area (Å²) >= 11 is 0. The highest BCUT2D eigenvalue weighted by Crippen LogP contribution is 2.03. The van der Waals surface area contributed by atoms with Crippen LogP contribution in [0.4, 0.5) is 0 Å². The SMILES string of the molecule is [2H]CCC(=O)CN1C(=O)C=CC1=O. The minimum atomic E-state index is -0.455. The molecule has 0 N–H and O–H groups in total. The Morgan fingerprint density at radius 3 is 2.58 bits per heavy atom. The summed E-state index contributed by atoms with van der Waals surface area (Å²) in [5.41, 5.74) is 0. The second-order valence-electron chi connectivity index (χ2n) is 2.38. The zero-order valence-corrected chi connectivity index (χ0v) is 6.45. The number of imide groups is 1. The number of hydrogen-bond donors (Lipinski definition) is 0. The van der Waals surface area contributed by atoms with E-state index in [9.17, 15) is 14.4 Å². The molecular formula is C8H9NO3. The quantitative estimate of drug-likeness (QED) is 0.552. The molecule has 0 saturated carbocycles. The lowest BCUT2D eigenvalue weighted by Gasteiger charge is -2.10. The third-order valence-electron chi connectivity index (χ3n) is 1.51. The van der Waals surface area contributed by atoms with Gasteiger partial charge >= 0.3 is 0 Å². The van der Waals surface area contributed by atoms with Crippen molar-refractivity contribution in [3.8, 4) is 0 Å². The zero-order valence-electron chi connectivity index (χ0n) is 7.45. The van der Waals surface area contributed by atoms with Crippen molar-refractivity contribution in [2.45, 2.75) is 13.3 Å². The van der Waals surface area contributed by atoms with E-state index in [1.54, 1.807) is 0 Å². The third-order valence-corrected chi connectivity index (χ3v) is 1.51. The topological polar surface area (TPSA) is 54.5 Å². The van der Waals surface area contributed by atoms with E-state index < -0.39 is 11.8 Å². The molecule has 0 bridgehead atoms. The Balaban J connectivity index is 2.50. The van der Waals surface area contributed by atoms with Gasteiger partial charge in [0.2, 0.25) is 0 Å². The highest BCUT2D eigenvalue weighted by atomic mass is 16.2. The van der Waals surface area contributed by atoms with E-state index in [1.807, 2.05) is 0 Å². The second kappa shape index (κ2) is 3.30. The van der Waals surface area contributed by atoms with E-state index in [4.69, 9.17) is 1.37 Å². The molecule has 1 rings (SSSR count). The Morgan fingerprint density at radius 2 is 2.08 bits per heavy atom. The lowest BCUT2D eigenvalue weighted by atomic mass is 10.3. The molecule has 0 spiro atoms. The number of carbonyl (C=O) groups is 3. The fraction of sp³-hybridized carbons (Fsp3) is 0.375. The average Bonchev–Trinajstić information content (AvgIpc) is 2.36. The van der Waals surface area contributed by atoms with Crippen molar-refractivity contribution < 1.29 is 15.8 Å². The number of nitrogens with zero attached hydrogens (tertiary/aromatic N) is 1. The molecule has 1 aliphatic rings. The van der Waals surface area contributed by atoms with Gasteiger partial charge in [0, 0.05) is 19.9 Å². The van der Waals surface area contributed by atoms with Crippen LogP contribution in [0.2, 0.25) is 0 Å². The summed E-state index contributed by atoms with van der Waals surface area (Å²) in [5.74, 6) is -1.17. The molecule has 1 heterocycles. The number of ketones is 1. The summed E-state index contributed by atoms with van der Waals surface area (Å²) in [7, 11) is 0. The van der Waals surface area contributed by atoms with Gasteiger partial charge in [0.05, 0.1) is 6.54 Å². The van der Waals surface area contributed by atoms with Gasteiger partial charge in [0.25, 0.3) is 11.8 Å². The molecule has 12 heavy (non-hydrogen) atoms. The molecule has 4 nitrogen and oxygen atoms in total. The fourth-order valence-electron chi connectivity index (χ4n) is 0.842. The number of Topliss-reactive ketones (excluding diaryl/α,β-unsaturated/α-hetero) is 1. The van der Waals surface area contributed by atoms with Gasteiger partial charge in [-0.05, 0) is 0 Å². The highest BCUT2D eigenvalue weighted by molar-refractivity contribution is 6.14. The van der Waals surface area contributed by atoms with Gasteiger partial charge in [-0.3, -0.25) is 19.3 Å². The molecule has 0 aliphatic carbocycles. The summed E-state index contributed by atoms with van der Waals surface area (Å²) in [6, 6.07) is 0. The van der Waals surface area contributed by atoms with E-state index >= 15 is 0 Å². The van der Waals surface area contributed by atoms with Crippen molar-refractivity contribution in [1.82, 2.24) is 4.90 Å². The Morgan fingerprint density at radius 1 is 1.50 bits per heavy atom. The van der Waals surface area contributed by atoms with Gasteiger partial charge in [0.1, 0.15) is 0 Å². The summed E-state index contributed by atoms with van der Waals surface area (Å²) in [6.07, 6.45) is 2.35. The van der Waals surface area contributed by atoms with Crippen LogP contribution in [0.1, 0.15) is 14.7 Å². The van der Waals surface area contributed by atoms with Crippen molar-refractivity contribution in [3.63, 3.8) is 0 Å². The van der Waals surface area contributed by atoms with Crippen molar-refractivity contribution in [3.05, 3.63) is 12.2 Å². The Kier molecular flexibility index (Phi) is 1.98. The van der Waals surface area contributed by atoms with E-state index in [0.717, 1.165) is 17.1 Å². The molecule has 64 valence electrons. The number of amides is 2. The third kappa shape index (κ3) is 1.58. The fourth-order valence-corrected chi connectivity index (χ4v) is 0.842. The maximum absolute atomic E-state index is 11.0. The van der Waals surface area contributed by atoms with E-state index in [1.165, 1.54) is 0 Å². The molecule has 0 saturated heterocycles. The predicted octanol–water partition coefficient (Wildman–Crippen LogP) is -0.109. The molecule has 0 aromatic carbocycles. The minimum absolute atomic E-state index is 0.0114. The molecule has 0 radical (unpaired) electrons. The maximum Gasteiger partial charge on any atom is 0.254 e. The Labute approximate surface area is 71.2 Å². The van der Waals surface area contributed by atoms with E-state index in [0.29, 0.717) is 0 Å².